The van der Waals surface area contributed by atoms with E-state index in [2.05, 4.69) is 0 Å². The molecule has 17 heavy (non-hydrogen) atoms. The summed E-state index contributed by atoms with van der Waals surface area (Å²) in [6.45, 7) is 2.76. The SMILES string of the molecule is COc1ccc(C(C)(C)O)c(F)c1S(C)(=O)=O. The molecule has 0 saturated carbocycles. The number of aliphatic hydroxyl groups is 1. The number of sulfone groups is 1. The first-order valence-electron chi connectivity index (χ1n) is 4.88. The van der Waals surface area contributed by atoms with E-state index >= 15 is 0 Å². The number of hydrogen-bond donors (Lipinski definition) is 1. The highest BCUT2D eigenvalue weighted by molar-refractivity contribution is 7.90. The molecule has 1 aromatic rings. The standard InChI is InChI=1S/C11H15FO4S/c1-11(2,13)7-5-6-8(16-3)10(9(7)12)17(4,14)15/h5-6,13H,1-4H3. The van der Waals surface area contributed by atoms with Crippen molar-refractivity contribution in [3.63, 3.8) is 0 Å². The predicted octanol–water partition coefficient (Wildman–Crippen LogP) is 1.47. The van der Waals surface area contributed by atoms with Crippen LogP contribution in [-0.4, -0.2) is 26.9 Å². The molecule has 0 radical (unpaired) electrons. The van der Waals surface area contributed by atoms with Crippen LogP contribution in [0.1, 0.15) is 19.4 Å². The number of halogens is 1. The molecule has 0 saturated heterocycles. The van der Waals surface area contributed by atoms with Crippen molar-refractivity contribution in [2.75, 3.05) is 13.4 Å². The molecule has 0 unspecified atom stereocenters. The molecule has 96 valence electrons. The molecule has 0 bridgehead atoms. The molecule has 0 spiro atoms. The average Bonchev–Trinajstić information content (AvgIpc) is 2.12. The van der Waals surface area contributed by atoms with Gasteiger partial charge in [0.05, 0.1) is 12.7 Å². The second-order valence-electron chi connectivity index (χ2n) is 4.29. The van der Waals surface area contributed by atoms with E-state index < -0.39 is 26.2 Å². The van der Waals surface area contributed by atoms with E-state index in [-0.39, 0.29) is 11.3 Å². The van der Waals surface area contributed by atoms with Gasteiger partial charge in [-0.2, -0.15) is 0 Å². The van der Waals surface area contributed by atoms with Crippen LogP contribution in [0.5, 0.6) is 5.75 Å². The van der Waals surface area contributed by atoms with Crippen LogP contribution in [0.2, 0.25) is 0 Å². The van der Waals surface area contributed by atoms with Crippen LogP contribution in [0.3, 0.4) is 0 Å². The lowest BCUT2D eigenvalue weighted by Crippen LogP contribution is -2.19. The largest absolute Gasteiger partial charge is 0.495 e. The average molecular weight is 262 g/mol. The van der Waals surface area contributed by atoms with Crippen LogP contribution in [0.4, 0.5) is 4.39 Å². The fraction of sp³-hybridized carbons (Fsp3) is 0.455. The van der Waals surface area contributed by atoms with Crippen molar-refractivity contribution >= 4 is 9.84 Å². The van der Waals surface area contributed by atoms with Gasteiger partial charge in [0.25, 0.3) is 0 Å². The molecule has 1 N–H and O–H groups in total. The highest BCUT2D eigenvalue weighted by Gasteiger charge is 2.28. The molecule has 1 aromatic carbocycles. The van der Waals surface area contributed by atoms with Gasteiger partial charge in [-0.05, 0) is 26.0 Å². The number of rotatable bonds is 3. The lowest BCUT2D eigenvalue weighted by Gasteiger charge is -2.20. The van der Waals surface area contributed by atoms with E-state index in [9.17, 15) is 17.9 Å². The minimum absolute atomic E-state index is 0.0713. The lowest BCUT2D eigenvalue weighted by molar-refractivity contribution is 0.0738. The maximum atomic E-state index is 14.1. The summed E-state index contributed by atoms with van der Waals surface area (Å²) in [5.74, 6) is -1.04. The van der Waals surface area contributed by atoms with E-state index in [4.69, 9.17) is 4.74 Å². The zero-order valence-corrected chi connectivity index (χ0v) is 10.9. The molecule has 0 aliphatic carbocycles. The normalized spacial score (nSPS) is 12.6. The summed E-state index contributed by atoms with van der Waals surface area (Å²) in [7, 11) is -2.51. The van der Waals surface area contributed by atoms with Crippen LogP contribution in [0.15, 0.2) is 17.0 Å². The van der Waals surface area contributed by atoms with E-state index in [1.807, 2.05) is 0 Å². The zero-order chi connectivity index (χ0) is 13.4. The minimum Gasteiger partial charge on any atom is -0.495 e. The Hall–Kier alpha value is -1.14. The van der Waals surface area contributed by atoms with Crippen LogP contribution in [0, 0.1) is 5.82 Å². The highest BCUT2D eigenvalue weighted by Crippen LogP contribution is 2.33. The summed E-state index contributed by atoms with van der Waals surface area (Å²) < 4.78 is 41.9. The Balaban J connectivity index is 3.67. The molecule has 0 atom stereocenters. The second-order valence-corrected chi connectivity index (χ2v) is 6.24. The molecule has 1 rings (SSSR count). The van der Waals surface area contributed by atoms with Crippen molar-refractivity contribution in [3.8, 4) is 5.75 Å². The third-order valence-electron chi connectivity index (χ3n) is 2.31. The zero-order valence-electron chi connectivity index (χ0n) is 10.1. The van der Waals surface area contributed by atoms with Gasteiger partial charge in [-0.3, -0.25) is 0 Å². The Kier molecular flexibility index (Phi) is 3.50. The molecule has 0 aliphatic heterocycles. The van der Waals surface area contributed by atoms with Gasteiger partial charge in [0, 0.05) is 11.8 Å². The summed E-state index contributed by atoms with van der Waals surface area (Å²) in [6.07, 6.45) is 0.891. The van der Waals surface area contributed by atoms with Crippen molar-refractivity contribution < 1.29 is 22.7 Å². The first kappa shape index (κ1) is 13.9. The van der Waals surface area contributed by atoms with Gasteiger partial charge in [-0.1, -0.05) is 0 Å². The second kappa shape index (κ2) is 4.27. The fourth-order valence-electron chi connectivity index (χ4n) is 1.52. The molecular weight excluding hydrogens is 247 g/mol. The Morgan fingerprint density at radius 3 is 2.24 bits per heavy atom. The van der Waals surface area contributed by atoms with E-state index in [0.717, 1.165) is 6.26 Å². The topological polar surface area (TPSA) is 63.6 Å². The smallest absolute Gasteiger partial charge is 0.182 e. The Bertz CT molecular complexity index is 529. The first-order valence-corrected chi connectivity index (χ1v) is 6.77. The van der Waals surface area contributed by atoms with Gasteiger partial charge in [0.1, 0.15) is 10.6 Å². The lowest BCUT2D eigenvalue weighted by atomic mass is 9.98. The van der Waals surface area contributed by atoms with Crippen molar-refractivity contribution in [2.24, 2.45) is 0 Å². The molecule has 0 heterocycles. The molecule has 0 fully saturated rings. The Labute approximate surface area is 100.0 Å². The van der Waals surface area contributed by atoms with Gasteiger partial charge < -0.3 is 9.84 Å². The molecule has 6 heteroatoms. The third kappa shape index (κ3) is 2.76. The molecule has 4 nitrogen and oxygen atoms in total. The van der Waals surface area contributed by atoms with Gasteiger partial charge in [-0.25, -0.2) is 12.8 Å². The van der Waals surface area contributed by atoms with E-state index in [1.165, 1.54) is 33.1 Å². The number of benzene rings is 1. The van der Waals surface area contributed by atoms with E-state index in [1.54, 1.807) is 0 Å². The van der Waals surface area contributed by atoms with Crippen molar-refractivity contribution in [3.05, 3.63) is 23.5 Å². The Morgan fingerprint density at radius 1 is 1.35 bits per heavy atom. The van der Waals surface area contributed by atoms with Crippen LogP contribution < -0.4 is 4.74 Å². The number of ether oxygens (including phenoxy) is 1. The van der Waals surface area contributed by atoms with Gasteiger partial charge in [0.2, 0.25) is 0 Å². The van der Waals surface area contributed by atoms with Crippen molar-refractivity contribution in [1.82, 2.24) is 0 Å². The van der Waals surface area contributed by atoms with Gasteiger partial charge in [0.15, 0.2) is 15.7 Å². The highest BCUT2D eigenvalue weighted by atomic mass is 32.2. The predicted molar refractivity (Wildman–Crippen MR) is 61.3 cm³/mol. The summed E-state index contributed by atoms with van der Waals surface area (Å²) in [5.41, 5.74) is -1.55. The maximum absolute atomic E-state index is 14.1. The van der Waals surface area contributed by atoms with Crippen LogP contribution in [0.25, 0.3) is 0 Å². The van der Waals surface area contributed by atoms with Crippen molar-refractivity contribution in [2.45, 2.75) is 24.3 Å². The quantitative estimate of drug-likeness (QED) is 0.896. The van der Waals surface area contributed by atoms with Gasteiger partial charge in [-0.15, -0.1) is 0 Å². The van der Waals surface area contributed by atoms with Gasteiger partial charge >= 0.3 is 0 Å². The number of hydrogen-bond acceptors (Lipinski definition) is 4. The van der Waals surface area contributed by atoms with Crippen LogP contribution in [-0.2, 0) is 15.4 Å². The number of methoxy groups -OCH3 is 1. The fourth-order valence-corrected chi connectivity index (χ4v) is 2.47. The monoisotopic (exact) mass is 262 g/mol. The summed E-state index contributed by atoms with van der Waals surface area (Å²) in [4.78, 5) is -0.528. The Morgan fingerprint density at radius 2 is 1.88 bits per heavy atom. The molecule has 0 amide bonds. The molecule has 0 aliphatic rings. The minimum atomic E-state index is -3.77. The summed E-state index contributed by atoms with van der Waals surface area (Å²) in [5, 5.41) is 9.75. The first-order chi connectivity index (χ1) is 7.59. The summed E-state index contributed by atoms with van der Waals surface area (Å²) in [6, 6.07) is 2.63. The molecule has 0 aromatic heterocycles. The molecular formula is C11H15FO4S. The third-order valence-corrected chi connectivity index (χ3v) is 3.43. The van der Waals surface area contributed by atoms with Crippen molar-refractivity contribution in [1.29, 1.82) is 0 Å². The summed E-state index contributed by atoms with van der Waals surface area (Å²) >= 11 is 0. The van der Waals surface area contributed by atoms with Crippen LogP contribution >= 0.6 is 0 Å². The van der Waals surface area contributed by atoms with E-state index in [0.29, 0.717) is 0 Å². The maximum Gasteiger partial charge on any atom is 0.182 e.